The van der Waals surface area contributed by atoms with Gasteiger partial charge in [0.15, 0.2) is 0 Å². The van der Waals surface area contributed by atoms with Crippen molar-refractivity contribution in [2.24, 2.45) is 5.10 Å². The second kappa shape index (κ2) is 8.95. The van der Waals surface area contributed by atoms with Crippen LogP contribution in [0, 0.1) is 0 Å². The highest BCUT2D eigenvalue weighted by Gasteiger charge is 2.36. The third-order valence-corrected chi connectivity index (χ3v) is 5.52. The SMILES string of the molecule is CCOc1ccccc1[C@@H]1CC(c2c(O)n(-c3ccc(Cl)cc3)c(=O)[nH]c2=O)=NN1C(C)=O. The highest BCUT2D eigenvalue weighted by atomic mass is 35.5. The van der Waals surface area contributed by atoms with Crippen LogP contribution < -0.4 is 16.0 Å². The van der Waals surface area contributed by atoms with E-state index in [4.69, 9.17) is 16.3 Å². The molecule has 0 fully saturated rings. The summed E-state index contributed by atoms with van der Waals surface area (Å²) < 4.78 is 6.66. The third-order valence-electron chi connectivity index (χ3n) is 5.27. The van der Waals surface area contributed by atoms with E-state index in [1.54, 1.807) is 18.2 Å². The topological polar surface area (TPSA) is 117 Å². The number of rotatable bonds is 5. The number of hydrogen-bond donors (Lipinski definition) is 2. The average molecular weight is 469 g/mol. The molecule has 2 aromatic carbocycles. The Morgan fingerprint density at radius 2 is 1.91 bits per heavy atom. The Morgan fingerprint density at radius 3 is 2.58 bits per heavy atom. The number of amides is 1. The molecule has 33 heavy (non-hydrogen) atoms. The van der Waals surface area contributed by atoms with E-state index in [0.717, 1.165) is 10.1 Å². The smallest absolute Gasteiger partial charge is 0.335 e. The summed E-state index contributed by atoms with van der Waals surface area (Å²) in [6.07, 6.45) is 0.138. The molecule has 1 aliphatic heterocycles. The first kappa shape index (κ1) is 22.3. The number of H-pyrrole nitrogens is 1. The lowest BCUT2D eigenvalue weighted by Crippen LogP contribution is -2.33. The van der Waals surface area contributed by atoms with Gasteiger partial charge in [0.05, 0.1) is 24.0 Å². The molecule has 1 amide bonds. The van der Waals surface area contributed by atoms with E-state index in [-0.39, 0.29) is 23.6 Å². The van der Waals surface area contributed by atoms with E-state index >= 15 is 0 Å². The quantitative estimate of drug-likeness (QED) is 0.597. The van der Waals surface area contributed by atoms with Crippen molar-refractivity contribution >= 4 is 23.2 Å². The van der Waals surface area contributed by atoms with Crippen molar-refractivity contribution in [1.29, 1.82) is 0 Å². The molecule has 2 heterocycles. The van der Waals surface area contributed by atoms with Crippen molar-refractivity contribution in [3.63, 3.8) is 0 Å². The first-order valence-corrected chi connectivity index (χ1v) is 10.6. The van der Waals surface area contributed by atoms with Gasteiger partial charge in [-0.1, -0.05) is 29.8 Å². The Balaban J connectivity index is 1.83. The fourth-order valence-corrected chi connectivity index (χ4v) is 3.98. The summed E-state index contributed by atoms with van der Waals surface area (Å²) in [7, 11) is 0. The lowest BCUT2D eigenvalue weighted by Gasteiger charge is -2.22. The number of aromatic nitrogens is 2. The minimum absolute atomic E-state index is 0.138. The molecule has 0 unspecified atom stereocenters. The van der Waals surface area contributed by atoms with Gasteiger partial charge in [0.25, 0.3) is 5.56 Å². The van der Waals surface area contributed by atoms with E-state index in [0.29, 0.717) is 23.1 Å². The Hall–Kier alpha value is -3.85. The summed E-state index contributed by atoms with van der Waals surface area (Å²) in [5.41, 5.74) is -0.613. The van der Waals surface area contributed by atoms with Crippen LogP contribution in [0.1, 0.15) is 37.4 Å². The van der Waals surface area contributed by atoms with Gasteiger partial charge in [-0.2, -0.15) is 5.10 Å². The lowest BCUT2D eigenvalue weighted by molar-refractivity contribution is -0.130. The molecule has 0 aliphatic carbocycles. The molecule has 0 saturated heterocycles. The third kappa shape index (κ3) is 4.14. The van der Waals surface area contributed by atoms with E-state index in [1.165, 1.54) is 24.1 Å². The van der Waals surface area contributed by atoms with Crippen LogP contribution in [0.5, 0.6) is 11.6 Å². The Kier molecular flexibility index (Phi) is 6.06. The zero-order chi connectivity index (χ0) is 23.7. The number of carbonyl (C=O) groups is 1. The van der Waals surface area contributed by atoms with Gasteiger partial charge in [-0.3, -0.25) is 14.6 Å². The maximum Gasteiger partial charge on any atom is 0.335 e. The largest absolute Gasteiger partial charge is 0.494 e. The summed E-state index contributed by atoms with van der Waals surface area (Å²) in [5.74, 6) is -0.327. The molecular weight excluding hydrogens is 448 g/mol. The first-order chi connectivity index (χ1) is 15.8. The highest BCUT2D eigenvalue weighted by molar-refractivity contribution is 6.30. The van der Waals surface area contributed by atoms with Crippen molar-refractivity contribution in [3.8, 4) is 17.3 Å². The van der Waals surface area contributed by atoms with Crippen LogP contribution in [0.4, 0.5) is 0 Å². The Bertz CT molecular complexity index is 1360. The number of nitrogens with one attached hydrogen (secondary N) is 1. The number of ether oxygens (including phenoxy) is 1. The highest BCUT2D eigenvalue weighted by Crippen LogP contribution is 2.38. The fraction of sp³-hybridized carbons (Fsp3) is 0.217. The van der Waals surface area contributed by atoms with Gasteiger partial charge in [-0.25, -0.2) is 14.4 Å². The molecule has 4 rings (SSSR count). The van der Waals surface area contributed by atoms with Crippen molar-refractivity contribution in [1.82, 2.24) is 14.6 Å². The van der Waals surface area contributed by atoms with E-state index in [9.17, 15) is 19.5 Å². The molecule has 0 spiro atoms. The predicted octanol–water partition coefficient (Wildman–Crippen LogP) is 2.98. The molecule has 1 atom stereocenters. The number of halogens is 1. The van der Waals surface area contributed by atoms with E-state index in [1.807, 2.05) is 25.1 Å². The van der Waals surface area contributed by atoms with Gasteiger partial charge in [-0.15, -0.1) is 0 Å². The second-order valence-corrected chi connectivity index (χ2v) is 7.81. The van der Waals surface area contributed by atoms with Crippen LogP contribution in [0.3, 0.4) is 0 Å². The number of aromatic amines is 1. The van der Waals surface area contributed by atoms with Gasteiger partial charge < -0.3 is 9.84 Å². The van der Waals surface area contributed by atoms with Crippen molar-refractivity contribution in [3.05, 3.63) is 85.5 Å². The van der Waals surface area contributed by atoms with Crippen molar-refractivity contribution < 1.29 is 14.6 Å². The van der Waals surface area contributed by atoms with Gasteiger partial charge >= 0.3 is 5.69 Å². The molecule has 1 aromatic heterocycles. The molecule has 9 nitrogen and oxygen atoms in total. The summed E-state index contributed by atoms with van der Waals surface area (Å²) in [6, 6.07) is 12.9. The summed E-state index contributed by atoms with van der Waals surface area (Å²) in [5, 5.41) is 17.0. The molecule has 3 aromatic rings. The summed E-state index contributed by atoms with van der Waals surface area (Å²) in [6.45, 7) is 3.65. The number of nitrogens with zero attached hydrogens (tertiary/aromatic N) is 3. The van der Waals surface area contributed by atoms with Gasteiger partial charge in [-0.05, 0) is 37.3 Å². The maximum atomic E-state index is 12.7. The molecule has 170 valence electrons. The van der Waals surface area contributed by atoms with Crippen molar-refractivity contribution in [2.75, 3.05) is 6.61 Å². The summed E-state index contributed by atoms with van der Waals surface area (Å²) in [4.78, 5) is 39.8. The number of hydrazone groups is 1. The lowest BCUT2D eigenvalue weighted by atomic mass is 9.98. The average Bonchev–Trinajstić information content (AvgIpc) is 3.20. The number of benzene rings is 2. The normalized spacial score (nSPS) is 15.4. The number of para-hydroxylation sites is 1. The van der Waals surface area contributed by atoms with Crippen LogP contribution >= 0.6 is 11.6 Å². The zero-order valence-corrected chi connectivity index (χ0v) is 18.7. The maximum absolute atomic E-state index is 12.7. The second-order valence-electron chi connectivity index (χ2n) is 7.37. The first-order valence-electron chi connectivity index (χ1n) is 10.3. The zero-order valence-electron chi connectivity index (χ0n) is 17.9. The van der Waals surface area contributed by atoms with Crippen molar-refractivity contribution in [2.45, 2.75) is 26.3 Å². The molecular formula is C23H21ClN4O5. The van der Waals surface area contributed by atoms with Gasteiger partial charge in [0.2, 0.25) is 11.8 Å². The molecule has 10 heteroatoms. The van der Waals surface area contributed by atoms with Crippen LogP contribution in [0.25, 0.3) is 5.69 Å². The van der Waals surface area contributed by atoms with E-state index in [2.05, 4.69) is 10.1 Å². The standard InChI is InChI=1S/C23H21ClN4O5/c1-3-33-19-7-5-4-6-16(19)18-12-17(26-28(18)13(2)29)20-21(30)25-23(32)27(22(20)31)15-10-8-14(24)9-11-15/h4-11,18,31H,3,12H2,1-2H3,(H,25,30,32)/t18-/m0/s1. The monoisotopic (exact) mass is 468 g/mol. The molecule has 2 N–H and O–H groups in total. The van der Waals surface area contributed by atoms with Gasteiger partial charge in [0.1, 0.15) is 11.3 Å². The molecule has 0 saturated carbocycles. The Labute approximate surface area is 193 Å². The van der Waals surface area contributed by atoms with E-state index < -0.39 is 23.2 Å². The summed E-state index contributed by atoms with van der Waals surface area (Å²) >= 11 is 5.92. The minimum Gasteiger partial charge on any atom is -0.494 e. The number of aromatic hydroxyl groups is 1. The minimum atomic E-state index is -0.816. The van der Waals surface area contributed by atoms with Crippen LogP contribution in [-0.2, 0) is 4.79 Å². The van der Waals surface area contributed by atoms with Crippen LogP contribution in [0.15, 0.2) is 63.2 Å². The Morgan fingerprint density at radius 1 is 1.21 bits per heavy atom. The molecule has 0 radical (unpaired) electrons. The molecule has 0 bridgehead atoms. The number of carbonyl (C=O) groups excluding carboxylic acids is 1. The van der Waals surface area contributed by atoms with Crippen LogP contribution in [-0.4, -0.2) is 37.9 Å². The van der Waals surface area contributed by atoms with Gasteiger partial charge in [0, 0.05) is 23.9 Å². The fourth-order valence-electron chi connectivity index (χ4n) is 3.85. The van der Waals surface area contributed by atoms with Crippen LogP contribution in [0.2, 0.25) is 5.02 Å². The predicted molar refractivity (Wildman–Crippen MR) is 123 cm³/mol. The number of hydrogen-bond acceptors (Lipinski definition) is 6. The molecule has 1 aliphatic rings.